The average Bonchev–Trinajstić information content (AvgIpc) is 2.33. The fourth-order valence-corrected chi connectivity index (χ4v) is 2.56. The molecule has 0 aliphatic carbocycles. The molecule has 1 fully saturated rings. The maximum absolute atomic E-state index is 5.43. The lowest BCUT2D eigenvalue weighted by Crippen LogP contribution is -2.36. The summed E-state index contributed by atoms with van der Waals surface area (Å²) in [5, 5.41) is 0. The topological polar surface area (TPSA) is 21.7 Å². The molecule has 102 valence electrons. The van der Waals surface area contributed by atoms with Gasteiger partial charge < -0.3 is 14.4 Å². The van der Waals surface area contributed by atoms with Gasteiger partial charge in [0, 0.05) is 12.0 Å². The van der Waals surface area contributed by atoms with Gasteiger partial charge in [-0.3, -0.25) is 0 Å². The predicted molar refractivity (Wildman–Crippen MR) is 75.1 cm³/mol. The summed E-state index contributed by atoms with van der Waals surface area (Å²) in [4.78, 5) is 2.26. The lowest BCUT2D eigenvalue weighted by atomic mass is 9.90. The SMILES string of the molecule is Cc1ccccc1C(C1COCOC1)N(C)C.Cl. The molecule has 1 heterocycles. The van der Waals surface area contributed by atoms with Crippen molar-refractivity contribution >= 4 is 12.4 Å². The van der Waals surface area contributed by atoms with Crippen LogP contribution in [0.3, 0.4) is 0 Å². The average molecular weight is 272 g/mol. The van der Waals surface area contributed by atoms with Gasteiger partial charge in [-0.2, -0.15) is 0 Å². The first kappa shape index (κ1) is 15.4. The Morgan fingerprint density at radius 1 is 1.17 bits per heavy atom. The second-order valence-corrected chi connectivity index (χ2v) is 4.88. The summed E-state index contributed by atoms with van der Waals surface area (Å²) in [5.74, 6) is 0.403. The second-order valence-electron chi connectivity index (χ2n) is 4.88. The number of aryl methyl sites for hydroxylation is 1. The van der Waals surface area contributed by atoms with Gasteiger partial charge >= 0.3 is 0 Å². The van der Waals surface area contributed by atoms with Crippen LogP contribution >= 0.6 is 12.4 Å². The van der Waals surface area contributed by atoms with E-state index in [4.69, 9.17) is 9.47 Å². The number of halogens is 1. The third-order valence-corrected chi connectivity index (χ3v) is 3.34. The Balaban J connectivity index is 0.00000162. The van der Waals surface area contributed by atoms with Gasteiger partial charge in [0.15, 0.2) is 0 Å². The highest BCUT2D eigenvalue weighted by molar-refractivity contribution is 5.85. The van der Waals surface area contributed by atoms with Crippen molar-refractivity contribution in [2.45, 2.75) is 13.0 Å². The van der Waals surface area contributed by atoms with Gasteiger partial charge in [-0.05, 0) is 32.1 Å². The van der Waals surface area contributed by atoms with Crippen LogP contribution in [0.1, 0.15) is 17.2 Å². The van der Waals surface area contributed by atoms with Crippen molar-refractivity contribution in [2.24, 2.45) is 5.92 Å². The molecule has 1 aromatic carbocycles. The summed E-state index contributed by atoms with van der Waals surface area (Å²) in [6, 6.07) is 8.91. The van der Waals surface area contributed by atoms with Crippen molar-refractivity contribution in [1.29, 1.82) is 0 Å². The van der Waals surface area contributed by atoms with Crippen molar-refractivity contribution < 1.29 is 9.47 Å². The van der Waals surface area contributed by atoms with E-state index in [0.717, 1.165) is 13.2 Å². The molecule has 3 nitrogen and oxygen atoms in total. The minimum atomic E-state index is 0. The molecule has 0 radical (unpaired) electrons. The molecule has 18 heavy (non-hydrogen) atoms. The van der Waals surface area contributed by atoms with E-state index < -0.39 is 0 Å². The van der Waals surface area contributed by atoms with Crippen LogP contribution in [0.2, 0.25) is 0 Å². The van der Waals surface area contributed by atoms with Gasteiger partial charge in [0.25, 0.3) is 0 Å². The van der Waals surface area contributed by atoms with Crippen molar-refractivity contribution in [2.75, 3.05) is 34.1 Å². The lowest BCUT2D eigenvalue weighted by molar-refractivity contribution is -0.139. The highest BCUT2D eigenvalue weighted by atomic mass is 35.5. The molecule has 0 spiro atoms. The normalized spacial score (nSPS) is 18.4. The maximum Gasteiger partial charge on any atom is 0.146 e. The van der Waals surface area contributed by atoms with Gasteiger partial charge in [0.1, 0.15) is 6.79 Å². The van der Waals surface area contributed by atoms with E-state index in [1.54, 1.807) is 0 Å². The molecule has 0 saturated carbocycles. The van der Waals surface area contributed by atoms with Crippen LogP contribution in [-0.2, 0) is 9.47 Å². The van der Waals surface area contributed by atoms with Gasteiger partial charge in [-0.25, -0.2) is 0 Å². The number of ether oxygens (including phenoxy) is 2. The van der Waals surface area contributed by atoms with Crippen LogP contribution in [0, 0.1) is 12.8 Å². The molecule has 1 unspecified atom stereocenters. The molecule has 0 bridgehead atoms. The largest absolute Gasteiger partial charge is 0.355 e. The zero-order valence-electron chi connectivity index (χ0n) is 11.3. The van der Waals surface area contributed by atoms with E-state index >= 15 is 0 Å². The summed E-state index contributed by atoms with van der Waals surface area (Å²) in [6.07, 6.45) is 0. The summed E-state index contributed by atoms with van der Waals surface area (Å²) < 4.78 is 10.9. The molecular formula is C14H22ClNO2. The monoisotopic (exact) mass is 271 g/mol. The Hall–Kier alpha value is -0.610. The van der Waals surface area contributed by atoms with Gasteiger partial charge in [0.05, 0.1) is 13.2 Å². The van der Waals surface area contributed by atoms with Gasteiger partial charge in [-0.15, -0.1) is 12.4 Å². The number of rotatable bonds is 3. The first-order valence-electron chi connectivity index (χ1n) is 6.07. The minimum absolute atomic E-state index is 0. The van der Waals surface area contributed by atoms with E-state index in [-0.39, 0.29) is 12.4 Å². The van der Waals surface area contributed by atoms with Crippen molar-refractivity contribution in [3.05, 3.63) is 35.4 Å². The zero-order valence-corrected chi connectivity index (χ0v) is 12.1. The molecule has 1 atom stereocenters. The Labute approximate surface area is 115 Å². The molecule has 2 rings (SSSR count). The first-order valence-corrected chi connectivity index (χ1v) is 6.07. The highest BCUT2D eigenvalue weighted by Crippen LogP contribution is 2.30. The van der Waals surface area contributed by atoms with E-state index in [0.29, 0.717) is 18.8 Å². The first-order chi connectivity index (χ1) is 8.20. The Bertz CT molecular complexity index is 365. The van der Waals surface area contributed by atoms with Gasteiger partial charge in [-0.1, -0.05) is 24.3 Å². The van der Waals surface area contributed by atoms with Crippen LogP contribution in [0.5, 0.6) is 0 Å². The minimum Gasteiger partial charge on any atom is -0.355 e. The van der Waals surface area contributed by atoms with Crippen LogP contribution < -0.4 is 0 Å². The molecule has 0 N–H and O–H groups in total. The lowest BCUT2D eigenvalue weighted by Gasteiger charge is -2.35. The van der Waals surface area contributed by atoms with Gasteiger partial charge in [0.2, 0.25) is 0 Å². The van der Waals surface area contributed by atoms with E-state index in [9.17, 15) is 0 Å². The van der Waals surface area contributed by atoms with Crippen molar-refractivity contribution in [3.8, 4) is 0 Å². The molecule has 1 saturated heterocycles. The molecule has 1 aromatic rings. The number of nitrogens with zero attached hydrogens (tertiary/aromatic N) is 1. The second kappa shape index (κ2) is 7.10. The molecule has 0 aromatic heterocycles. The van der Waals surface area contributed by atoms with E-state index in [2.05, 4.69) is 50.2 Å². The molecule has 1 aliphatic rings. The van der Waals surface area contributed by atoms with Crippen molar-refractivity contribution in [3.63, 3.8) is 0 Å². The molecule has 4 heteroatoms. The Morgan fingerprint density at radius 2 is 1.78 bits per heavy atom. The van der Waals surface area contributed by atoms with E-state index in [1.165, 1.54) is 11.1 Å². The molecule has 1 aliphatic heterocycles. The standard InChI is InChI=1S/C14H21NO2.ClH/c1-11-6-4-5-7-13(11)14(15(2)3)12-8-16-10-17-9-12;/h4-7,12,14H,8-10H2,1-3H3;1H. The molecule has 0 amide bonds. The van der Waals surface area contributed by atoms with E-state index in [1.807, 2.05) is 0 Å². The van der Waals surface area contributed by atoms with Crippen LogP contribution in [0.25, 0.3) is 0 Å². The maximum atomic E-state index is 5.43. The fraction of sp³-hybridized carbons (Fsp3) is 0.571. The number of hydrogen-bond acceptors (Lipinski definition) is 3. The quantitative estimate of drug-likeness (QED) is 0.844. The fourth-order valence-electron chi connectivity index (χ4n) is 2.56. The summed E-state index contributed by atoms with van der Waals surface area (Å²) >= 11 is 0. The summed E-state index contributed by atoms with van der Waals surface area (Å²) in [5.41, 5.74) is 2.70. The summed E-state index contributed by atoms with van der Waals surface area (Å²) in [7, 11) is 4.23. The zero-order chi connectivity index (χ0) is 12.3. The smallest absolute Gasteiger partial charge is 0.146 e. The third-order valence-electron chi connectivity index (χ3n) is 3.34. The van der Waals surface area contributed by atoms with Crippen molar-refractivity contribution in [1.82, 2.24) is 4.90 Å². The molecular weight excluding hydrogens is 250 g/mol. The number of hydrogen-bond donors (Lipinski definition) is 0. The van der Waals surface area contributed by atoms with Crippen LogP contribution in [0.4, 0.5) is 0 Å². The highest BCUT2D eigenvalue weighted by Gasteiger charge is 2.28. The van der Waals surface area contributed by atoms with Crippen LogP contribution in [-0.4, -0.2) is 39.0 Å². The third kappa shape index (κ3) is 3.45. The predicted octanol–water partition coefficient (Wildman–Crippen LogP) is 2.64. The number of benzene rings is 1. The summed E-state index contributed by atoms with van der Waals surface area (Å²) in [6.45, 7) is 4.15. The van der Waals surface area contributed by atoms with Crippen LogP contribution in [0.15, 0.2) is 24.3 Å². The Kier molecular flexibility index (Phi) is 6.09. The Morgan fingerprint density at radius 3 is 2.33 bits per heavy atom.